The van der Waals surface area contributed by atoms with Gasteiger partial charge in [-0.25, -0.2) is 4.79 Å². The monoisotopic (exact) mass is 566 g/mol. The van der Waals surface area contributed by atoms with Crippen LogP contribution in [0.15, 0.2) is 59.6 Å². The van der Waals surface area contributed by atoms with Crippen LogP contribution in [0.2, 0.25) is 5.02 Å². The smallest absolute Gasteiger partial charge is 0.411 e. The van der Waals surface area contributed by atoms with Gasteiger partial charge in [-0.2, -0.15) is 0 Å². The van der Waals surface area contributed by atoms with E-state index in [2.05, 4.69) is 4.98 Å². The number of nitrogens with zero attached hydrogens (tertiary/aromatic N) is 2. The Balaban J connectivity index is 1.52. The van der Waals surface area contributed by atoms with Crippen LogP contribution < -0.4 is 19.1 Å². The van der Waals surface area contributed by atoms with E-state index in [-0.39, 0.29) is 0 Å². The van der Waals surface area contributed by atoms with Crippen LogP contribution in [0.25, 0.3) is 10.9 Å². The number of aryl methyl sites for hydroxylation is 3. The molecule has 4 rings (SSSR count). The predicted molar refractivity (Wildman–Crippen MR) is 158 cm³/mol. The number of anilines is 1. The molecular weight excluding hydrogens is 536 g/mol. The zero-order chi connectivity index (χ0) is 28.1. The van der Waals surface area contributed by atoms with Gasteiger partial charge >= 0.3 is 6.09 Å². The third-order valence-electron chi connectivity index (χ3n) is 6.36. The molecule has 0 bridgehead atoms. The number of thioether (sulfide) groups is 1. The molecule has 0 saturated carbocycles. The Hall–Kier alpha value is -3.62. The minimum Gasteiger partial charge on any atom is -0.493 e. The van der Waals surface area contributed by atoms with Crippen molar-refractivity contribution in [2.75, 3.05) is 31.4 Å². The lowest BCUT2D eigenvalue weighted by Crippen LogP contribution is -2.31. The van der Waals surface area contributed by atoms with Gasteiger partial charge in [0.2, 0.25) is 0 Å². The molecule has 4 aromatic rings. The molecule has 0 aliphatic heterocycles. The maximum Gasteiger partial charge on any atom is 0.411 e. The number of carbonyl (C=O) groups is 1. The van der Waals surface area contributed by atoms with E-state index in [9.17, 15) is 9.90 Å². The first-order valence-corrected chi connectivity index (χ1v) is 13.8. The van der Waals surface area contributed by atoms with Gasteiger partial charge in [0.15, 0.2) is 11.5 Å². The number of halogens is 1. The van der Waals surface area contributed by atoms with Crippen LogP contribution in [0.1, 0.15) is 23.1 Å². The van der Waals surface area contributed by atoms with Crippen molar-refractivity contribution in [1.82, 2.24) is 4.98 Å². The topological polar surface area (TPSA) is 81.1 Å². The van der Waals surface area contributed by atoms with Gasteiger partial charge in [0.25, 0.3) is 0 Å². The van der Waals surface area contributed by atoms with E-state index in [1.165, 1.54) is 4.90 Å². The van der Waals surface area contributed by atoms with Crippen LogP contribution in [0.3, 0.4) is 0 Å². The number of fused-ring (bicyclic) bond motifs is 1. The largest absolute Gasteiger partial charge is 0.493 e. The lowest BCUT2D eigenvalue weighted by molar-refractivity contribution is 0.201. The normalized spacial score (nSPS) is 10.9. The van der Waals surface area contributed by atoms with E-state index in [0.29, 0.717) is 52.2 Å². The Bertz CT molecular complexity index is 1510. The molecular formula is C30H31ClN2O5S. The van der Waals surface area contributed by atoms with Gasteiger partial charge in [0, 0.05) is 34.1 Å². The number of ether oxygens (including phenoxy) is 3. The van der Waals surface area contributed by atoms with E-state index >= 15 is 0 Å². The van der Waals surface area contributed by atoms with E-state index in [0.717, 1.165) is 32.7 Å². The van der Waals surface area contributed by atoms with Crippen molar-refractivity contribution >= 4 is 46.0 Å². The molecule has 9 heteroatoms. The van der Waals surface area contributed by atoms with Crippen molar-refractivity contribution in [3.63, 3.8) is 0 Å². The minimum atomic E-state index is -0.986. The molecule has 1 heterocycles. The van der Waals surface area contributed by atoms with Crippen LogP contribution in [0, 0.1) is 20.8 Å². The second-order valence-corrected chi connectivity index (χ2v) is 10.7. The van der Waals surface area contributed by atoms with Crippen molar-refractivity contribution < 1.29 is 24.1 Å². The number of hydrogen-bond acceptors (Lipinski definition) is 6. The Kier molecular flexibility index (Phi) is 9.09. The number of methoxy groups -OCH3 is 2. The molecule has 1 amide bonds. The third kappa shape index (κ3) is 6.52. The maximum absolute atomic E-state index is 12.2. The van der Waals surface area contributed by atoms with Crippen LogP contribution >= 0.6 is 23.4 Å². The van der Waals surface area contributed by atoms with Gasteiger partial charge in [-0.1, -0.05) is 11.6 Å². The Morgan fingerprint density at radius 1 is 0.923 bits per heavy atom. The summed E-state index contributed by atoms with van der Waals surface area (Å²) in [5.74, 6) is 3.20. The molecule has 0 aliphatic rings. The zero-order valence-corrected chi connectivity index (χ0v) is 24.2. The Morgan fingerprint density at radius 2 is 1.67 bits per heavy atom. The first-order chi connectivity index (χ1) is 18.7. The second-order valence-electron chi connectivity index (χ2n) is 9.09. The molecule has 0 radical (unpaired) electrons. The highest BCUT2D eigenvalue weighted by Gasteiger charge is 2.19. The van der Waals surface area contributed by atoms with Crippen LogP contribution in [0.4, 0.5) is 10.5 Å². The zero-order valence-electron chi connectivity index (χ0n) is 22.6. The van der Waals surface area contributed by atoms with Crippen LogP contribution in [-0.4, -0.2) is 42.7 Å². The van der Waals surface area contributed by atoms with Crippen molar-refractivity contribution in [3.05, 3.63) is 76.4 Å². The van der Waals surface area contributed by atoms with E-state index in [1.807, 2.05) is 57.2 Å². The summed E-state index contributed by atoms with van der Waals surface area (Å²) in [5, 5.41) is 11.5. The summed E-state index contributed by atoms with van der Waals surface area (Å²) in [5.41, 5.74) is 4.09. The summed E-state index contributed by atoms with van der Waals surface area (Å²) in [7, 11) is 3.16. The quantitative estimate of drug-likeness (QED) is 0.153. The molecule has 0 aliphatic carbocycles. The van der Waals surface area contributed by atoms with Gasteiger partial charge < -0.3 is 19.3 Å². The fraction of sp³-hybridized carbons (Fsp3) is 0.267. The molecule has 39 heavy (non-hydrogen) atoms. The van der Waals surface area contributed by atoms with Crippen LogP contribution in [-0.2, 0) is 0 Å². The van der Waals surface area contributed by atoms with E-state index in [1.54, 1.807) is 44.3 Å². The first-order valence-electron chi connectivity index (χ1n) is 12.4. The van der Waals surface area contributed by atoms with Crippen molar-refractivity contribution in [3.8, 4) is 23.0 Å². The van der Waals surface area contributed by atoms with Gasteiger partial charge in [-0.15, -0.1) is 11.8 Å². The summed E-state index contributed by atoms with van der Waals surface area (Å²) in [4.78, 5) is 19.2. The molecule has 1 aromatic heterocycles. The van der Waals surface area contributed by atoms with Crippen molar-refractivity contribution in [2.24, 2.45) is 0 Å². The predicted octanol–water partition coefficient (Wildman–Crippen LogP) is 8.29. The fourth-order valence-corrected chi connectivity index (χ4v) is 5.50. The van der Waals surface area contributed by atoms with E-state index in [4.69, 9.17) is 25.8 Å². The summed E-state index contributed by atoms with van der Waals surface area (Å²) in [6.07, 6.45) is 1.39. The first kappa shape index (κ1) is 28.4. The number of amides is 1. The average Bonchev–Trinajstić information content (AvgIpc) is 2.91. The SMILES string of the molecule is COc1cc2nccc(Oc3cc(C)c(N(CCCSc4ccc(Cl)cc4C)C(=O)O)cc3C)c2cc1OC. The molecule has 3 aromatic carbocycles. The lowest BCUT2D eigenvalue weighted by Gasteiger charge is -2.23. The molecule has 204 valence electrons. The van der Waals surface area contributed by atoms with Gasteiger partial charge in [0.1, 0.15) is 11.5 Å². The summed E-state index contributed by atoms with van der Waals surface area (Å²) < 4.78 is 17.2. The Labute approximate surface area is 237 Å². The van der Waals surface area contributed by atoms with Crippen molar-refractivity contribution in [1.29, 1.82) is 0 Å². The third-order valence-corrected chi connectivity index (χ3v) is 7.86. The van der Waals surface area contributed by atoms with Gasteiger partial charge in [-0.3, -0.25) is 9.88 Å². The second kappa shape index (κ2) is 12.5. The standard InChI is InChI=1S/C30H31ClN2O5S/c1-18-15-26(38-25-9-10-32-23-17-28(37-5)27(36-4)16-22(23)25)19(2)14-24(18)33(30(34)35)11-6-12-39-29-8-7-21(31)13-20(29)3/h7-10,13-17H,6,11-12H2,1-5H3,(H,34,35). The summed E-state index contributed by atoms with van der Waals surface area (Å²) in [6, 6.07) is 15.0. The molecule has 0 saturated heterocycles. The number of aromatic nitrogens is 1. The number of benzene rings is 3. The highest BCUT2D eigenvalue weighted by molar-refractivity contribution is 7.99. The number of pyridine rings is 1. The average molecular weight is 567 g/mol. The Morgan fingerprint density at radius 3 is 2.36 bits per heavy atom. The minimum absolute atomic E-state index is 0.381. The molecule has 0 spiro atoms. The molecule has 0 unspecified atom stereocenters. The highest BCUT2D eigenvalue weighted by Crippen LogP contribution is 2.39. The molecule has 0 fully saturated rings. The van der Waals surface area contributed by atoms with Crippen LogP contribution in [0.5, 0.6) is 23.0 Å². The van der Waals surface area contributed by atoms with Gasteiger partial charge in [0.05, 0.1) is 25.4 Å². The highest BCUT2D eigenvalue weighted by atomic mass is 35.5. The number of hydrogen-bond donors (Lipinski definition) is 1. The summed E-state index contributed by atoms with van der Waals surface area (Å²) >= 11 is 7.75. The fourth-order valence-electron chi connectivity index (χ4n) is 4.33. The molecule has 1 N–H and O–H groups in total. The molecule has 7 nitrogen and oxygen atoms in total. The molecule has 0 atom stereocenters. The summed E-state index contributed by atoms with van der Waals surface area (Å²) in [6.45, 7) is 6.20. The van der Waals surface area contributed by atoms with Crippen molar-refractivity contribution in [2.45, 2.75) is 32.1 Å². The number of rotatable bonds is 10. The maximum atomic E-state index is 12.2. The lowest BCUT2D eigenvalue weighted by atomic mass is 10.1. The number of carboxylic acid groups (broad SMARTS) is 1. The van der Waals surface area contributed by atoms with Gasteiger partial charge in [-0.05, 0) is 92.1 Å². The van der Waals surface area contributed by atoms with E-state index < -0.39 is 6.09 Å².